The van der Waals surface area contributed by atoms with Gasteiger partial charge in [0.05, 0.1) is 12.6 Å². The molecule has 0 heterocycles. The summed E-state index contributed by atoms with van der Waals surface area (Å²) in [4.78, 5) is 13.5. The van der Waals surface area contributed by atoms with E-state index in [0.29, 0.717) is 13.1 Å². The Labute approximate surface area is 109 Å². The molecule has 4 heteroatoms. The van der Waals surface area contributed by atoms with Gasteiger partial charge in [0.1, 0.15) is 0 Å². The normalized spacial score (nSPS) is 12.0. The van der Waals surface area contributed by atoms with Crippen molar-refractivity contribution in [3.05, 3.63) is 29.8 Å². The fourth-order valence-electron chi connectivity index (χ4n) is 1.81. The molecule has 18 heavy (non-hydrogen) atoms. The van der Waals surface area contributed by atoms with E-state index in [1.165, 1.54) is 0 Å². The fraction of sp³-hybridized carbons (Fsp3) is 0.500. The number of hydrogen-bond donors (Lipinski definition) is 2. The van der Waals surface area contributed by atoms with Crippen molar-refractivity contribution in [2.24, 2.45) is 0 Å². The van der Waals surface area contributed by atoms with Gasteiger partial charge in [-0.05, 0) is 19.4 Å². The van der Waals surface area contributed by atoms with Crippen molar-refractivity contribution in [2.75, 3.05) is 25.0 Å². The van der Waals surface area contributed by atoms with E-state index < -0.39 is 6.10 Å². The molecule has 1 atom stereocenters. The molecule has 0 saturated heterocycles. The van der Waals surface area contributed by atoms with E-state index in [-0.39, 0.29) is 5.91 Å². The highest BCUT2D eigenvalue weighted by molar-refractivity contribution is 5.81. The monoisotopic (exact) mass is 250 g/mol. The Balaban J connectivity index is 2.72. The quantitative estimate of drug-likeness (QED) is 0.808. The van der Waals surface area contributed by atoms with Crippen LogP contribution in [0, 0.1) is 0 Å². The van der Waals surface area contributed by atoms with Crippen LogP contribution in [-0.4, -0.2) is 31.2 Å². The molecule has 0 radical (unpaired) electrons. The van der Waals surface area contributed by atoms with Crippen molar-refractivity contribution in [1.82, 2.24) is 5.32 Å². The maximum absolute atomic E-state index is 11.7. The molecule has 4 nitrogen and oxygen atoms in total. The third-order valence-corrected chi connectivity index (χ3v) is 2.75. The number of aliphatic hydroxyl groups excluding tert-OH is 1. The molecule has 0 spiro atoms. The molecule has 1 amide bonds. The molecule has 0 saturated carbocycles. The zero-order valence-electron chi connectivity index (χ0n) is 11.3. The summed E-state index contributed by atoms with van der Waals surface area (Å²) < 4.78 is 0. The summed E-state index contributed by atoms with van der Waals surface area (Å²) in [6.45, 7) is 4.74. The first kappa shape index (κ1) is 14.5. The molecule has 0 aliphatic carbocycles. The number of anilines is 1. The molecule has 1 unspecified atom stereocenters. The highest BCUT2D eigenvalue weighted by Crippen LogP contribution is 2.24. The minimum absolute atomic E-state index is 0.000235. The van der Waals surface area contributed by atoms with Gasteiger partial charge in [0.25, 0.3) is 0 Å². The van der Waals surface area contributed by atoms with Crippen molar-refractivity contribution >= 4 is 11.6 Å². The largest absolute Gasteiger partial charge is 0.389 e. The van der Waals surface area contributed by atoms with Crippen LogP contribution >= 0.6 is 0 Å². The van der Waals surface area contributed by atoms with Crippen molar-refractivity contribution in [3.63, 3.8) is 0 Å². The highest BCUT2D eigenvalue weighted by atomic mass is 16.3. The van der Waals surface area contributed by atoms with Gasteiger partial charge in [0.15, 0.2) is 0 Å². The van der Waals surface area contributed by atoms with Crippen LogP contribution in [0.15, 0.2) is 24.3 Å². The number of aliphatic hydroxyl groups is 1. The molecular formula is C14H22N2O2. The number of nitrogens with zero attached hydrogens (tertiary/aromatic N) is 1. The second-order valence-electron chi connectivity index (χ2n) is 4.44. The van der Waals surface area contributed by atoms with Gasteiger partial charge in [-0.2, -0.15) is 0 Å². The predicted molar refractivity (Wildman–Crippen MR) is 73.6 cm³/mol. The maximum Gasteiger partial charge on any atom is 0.239 e. The number of carbonyl (C=O) groups is 1. The summed E-state index contributed by atoms with van der Waals surface area (Å²) in [6, 6.07) is 7.58. The minimum Gasteiger partial charge on any atom is -0.389 e. The average Bonchev–Trinajstić information content (AvgIpc) is 2.36. The summed E-state index contributed by atoms with van der Waals surface area (Å²) in [6.07, 6.45) is 0.391. The number of carbonyl (C=O) groups excluding carboxylic acids is 1. The molecule has 0 aliphatic rings. The Morgan fingerprint density at radius 1 is 1.44 bits per heavy atom. The Kier molecular flexibility index (Phi) is 5.65. The third kappa shape index (κ3) is 4.04. The zero-order valence-corrected chi connectivity index (χ0v) is 11.3. The maximum atomic E-state index is 11.7. The van der Waals surface area contributed by atoms with Crippen molar-refractivity contribution in [2.45, 2.75) is 26.4 Å². The smallest absolute Gasteiger partial charge is 0.239 e. The zero-order chi connectivity index (χ0) is 13.5. The van der Waals surface area contributed by atoms with Crippen molar-refractivity contribution < 1.29 is 9.90 Å². The number of para-hydroxylation sites is 1. The summed E-state index contributed by atoms with van der Waals surface area (Å²) in [5.74, 6) is -0.000235. The Morgan fingerprint density at radius 3 is 2.72 bits per heavy atom. The lowest BCUT2D eigenvalue weighted by Gasteiger charge is -2.23. The number of benzene rings is 1. The van der Waals surface area contributed by atoms with Crippen LogP contribution in [0.4, 0.5) is 5.69 Å². The Morgan fingerprint density at radius 2 is 2.11 bits per heavy atom. The summed E-state index contributed by atoms with van der Waals surface area (Å²) in [5, 5.41) is 12.5. The van der Waals surface area contributed by atoms with Crippen LogP contribution < -0.4 is 10.2 Å². The lowest BCUT2D eigenvalue weighted by Crippen LogP contribution is -2.35. The lowest BCUT2D eigenvalue weighted by atomic mass is 10.1. The first-order chi connectivity index (χ1) is 8.56. The average molecular weight is 250 g/mol. The van der Waals surface area contributed by atoms with Crippen LogP contribution in [0.25, 0.3) is 0 Å². The van der Waals surface area contributed by atoms with Crippen LogP contribution in [0.3, 0.4) is 0 Å². The first-order valence-corrected chi connectivity index (χ1v) is 6.31. The number of likely N-dealkylation sites (N-methyl/N-ethyl adjacent to an activating group) is 1. The second-order valence-corrected chi connectivity index (χ2v) is 4.44. The van der Waals surface area contributed by atoms with Crippen molar-refractivity contribution in [3.8, 4) is 0 Å². The standard InChI is InChI=1S/C14H22N2O2/c1-4-9-15-14(18)10-16(3)13-8-6-5-7-12(13)11(2)17/h5-8,11,17H,4,9-10H2,1-3H3,(H,15,18). The molecule has 1 aromatic rings. The molecule has 0 bridgehead atoms. The van der Waals surface area contributed by atoms with E-state index in [4.69, 9.17) is 0 Å². The molecule has 0 aliphatic heterocycles. The molecule has 100 valence electrons. The number of amides is 1. The topological polar surface area (TPSA) is 52.6 Å². The number of rotatable bonds is 6. The molecule has 0 fully saturated rings. The van der Waals surface area contributed by atoms with Crippen LogP contribution in [0.2, 0.25) is 0 Å². The summed E-state index contributed by atoms with van der Waals surface area (Å²) in [5.41, 5.74) is 1.72. The van der Waals surface area contributed by atoms with Crippen LogP contribution in [0.5, 0.6) is 0 Å². The van der Waals surface area contributed by atoms with Crippen molar-refractivity contribution in [1.29, 1.82) is 0 Å². The summed E-state index contributed by atoms with van der Waals surface area (Å²) in [7, 11) is 1.85. The molecule has 2 N–H and O–H groups in total. The summed E-state index contributed by atoms with van der Waals surface area (Å²) >= 11 is 0. The van der Waals surface area contributed by atoms with Gasteiger partial charge in [0, 0.05) is 24.8 Å². The van der Waals surface area contributed by atoms with Gasteiger partial charge in [-0.15, -0.1) is 0 Å². The van der Waals surface area contributed by atoms with Crippen LogP contribution in [-0.2, 0) is 4.79 Å². The van der Waals surface area contributed by atoms with E-state index >= 15 is 0 Å². The van der Waals surface area contributed by atoms with E-state index in [9.17, 15) is 9.90 Å². The van der Waals surface area contributed by atoms with E-state index in [1.54, 1.807) is 6.92 Å². The van der Waals surface area contributed by atoms with Gasteiger partial charge in [-0.3, -0.25) is 4.79 Å². The molecule has 0 aromatic heterocycles. The van der Waals surface area contributed by atoms with Gasteiger partial charge in [0.2, 0.25) is 5.91 Å². The Bertz CT molecular complexity index is 391. The van der Waals surface area contributed by atoms with Gasteiger partial charge in [-0.1, -0.05) is 25.1 Å². The molecule has 1 aromatic carbocycles. The highest BCUT2D eigenvalue weighted by Gasteiger charge is 2.13. The predicted octanol–water partition coefficient (Wildman–Crippen LogP) is 1.70. The molecular weight excluding hydrogens is 228 g/mol. The third-order valence-electron chi connectivity index (χ3n) is 2.75. The number of hydrogen-bond acceptors (Lipinski definition) is 3. The van der Waals surface area contributed by atoms with E-state index in [2.05, 4.69) is 5.32 Å². The molecule has 1 rings (SSSR count). The number of nitrogens with one attached hydrogen (secondary N) is 1. The lowest BCUT2D eigenvalue weighted by molar-refractivity contribution is -0.119. The van der Waals surface area contributed by atoms with Gasteiger partial charge < -0.3 is 15.3 Å². The SMILES string of the molecule is CCCNC(=O)CN(C)c1ccccc1C(C)O. The fourth-order valence-corrected chi connectivity index (χ4v) is 1.81. The Hall–Kier alpha value is -1.55. The van der Waals surface area contributed by atoms with Crippen LogP contribution in [0.1, 0.15) is 31.9 Å². The van der Waals surface area contributed by atoms with Gasteiger partial charge in [-0.25, -0.2) is 0 Å². The minimum atomic E-state index is -0.539. The van der Waals surface area contributed by atoms with E-state index in [0.717, 1.165) is 17.7 Å². The van der Waals surface area contributed by atoms with Gasteiger partial charge >= 0.3 is 0 Å². The second kappa shape index (κ2) is 7.01. The van der Waals surface area contributed by atoms with E-state index in [1.807, 2.05) is 43.1 Å². The first-order valence-electron chi connectivity index (χ1n) is 6.31.